The van der Waals surface area contributed by atoms with Gasteiger partial charge in [0.05, 0.1) is 20.8 Å². The molecule has 0 aliphatic heterocycles. The van der Waals surface area contributed by atoms with Crippen LogP contribution < -0.4 is 5.32 Å². The Hall–Kier alpha value is -1.08. The SMILES string of the molecule is O=C(Nc1ccccc1SC(F)F)c1ncc(Cl)c(Cl)c1Cl. The molecule has 1 N–H and O–H groups in total. The number of hydrogen-bond acceptors (Lipinski definition) is 3. The number of benzene rings is 1. The third-order valence-corrected chi connectivity index (χ3v) is 4.51. The number of para-hydroxylation sites is 1. The monoisotopic (exact) mass is 382 g/mol. The zero-order valence-electron chi connectivity index (χ0n) is 10.6. The summed E-state index contributed by atoms with van der Waals surface area (Å²) in [6, 6.07) is 6.16. The number of thioether (sulfide) groups is 1. The quantitative estimate of drug-likeness (QED) is 0.698. The lowest BCUT2D eigenvalue weighted by Gasteiger charge is -2.11. The lowest BCUT2D eigenvalue weighted by Crippen LogP contribution is -2.15. The Morgan fingerprint density at radius 3 is 2.55 bits per heavy atom. The van der Waals surface area contributed by atoms with Gasteiger partial charge in [0.2, 0.25) is 0 Å². The first-order valence-electron chi connectivity index (χ1n) is 5.75. The van der Waals surface area contributed by atoms with Crippen LogP contribution in [0.25, 0.3) is 0 Å². The normalized spacial score (nSPS) is 10.8. The van der Waals surface area contributed by atoms with Crippen molar-refractivity contribution < 1.29 is 13.6 Å². The number of carbonyl (C=O) groups is 1. The van der Waals surface area contributed by atoms with Gasteiger partial charge in [-0.05, 0) is 12.1 Å². The number of alkyl halides is 2. The fourth-order valence-electron chi connectivity index (χ4n) is 1.55. The summed E-state index contributed by atoms with van der Waals surface area (Å²) in [6.07, 6.45) is 1.19. The number of carbonyl (C=O) groups excluding carboxylic acids is 1. The minimum atomic E-state index is -2.61. The highest BCUT2D eigenvalue weighted by molar-refractivity contribution is 7.99. The molecule has 9 heteroatoms. The number of rotatable bonds is 4. The molecule has 0 unspecified atom stereocenters. The highest BCUT2D eigenvalue weighted by Gasteiger charge is 2.19. The van der Waals surface area contributed by atoms with Gasteiger partial charge in [-0.15, -0.1) is 0 Å². The highest BCUT2D eigenvalue weighted by atomic mass is 35.5. The van der Waals surface area contributed by atoms with E-state index in [0.717, 1.165) is 0 Å². The van der Waals surface area contributed by atoms with Crippen molar-refractivity contribution in [2.24, 2.45) is 0 Å². The lowest BCUT2D eigenvalue weighted by molar-refractivity contribution is 0.102. The van der Waals surface area contributed by atoms with Crippen molar-refractivity contribution in [3.63, 3.8) is 0 Å². The minimum absolute atomic E-state index is 0.00118. The van der Waals surface area contributed by atoms with E-state index in [9.17, 15) is 13.6 Å². The van der Waals surface area contributed by atoms with E-state index in [0.29, 0.717) is 11.8 Å². The van der Waals surface area contributed by atoms with Crippen LogP contribution in [-0.4, -0.2) is 16.6 Å². The van der Waals surface area contributed by atoms with E-state index >= 15 is 0 Å². The fraction of sp³-hybridized carbons (Fsp3) is 0.0769. The Morgan fingerprint density at radius 1 is 1.18 bits per heavy atom. The molecule has 3 nitrogen and oxygen atoms in total. The van der Waals surface area contributed by atoms with Crippen molar-refractivity contribution in [1.29, 1.82) is 0 Å². The van der Waals surface area contributed by atoms with Crippen LogP contribution in [0.15, 0.2) is 35.4 Å². The topological polar surface area (TPSA) is 42.0 Å². The lowest BCUT2D eigenvalue weighted by atomic mass is 10.3. The summed E-state index contributed by atoms with van der Waals surface area (Å²) in [7, 11) is 0. The summed E-state index contributed by atoms with van der Waals surface area (Å²) < 4.78 is 25.0. The predicted octanol–water partition coefficient (Wildman–Crippen LogP) is 5.61. The molecule has 0 radical (unpaired) electrons. The van der Waals surface area contributed by atoms with Crippen LogP contribution in [0.4, 0.5) is 14.5 Å². The average Bonchev–Trinajstić information content (AvgIpc) is 2.46. The maximum Gasteiger partial charge on any atom is 0.288 e. The first-order chi connectivity index (χ1) is 10.4. The Balaban J connectivity index is 2.28. The van der Waals surface area contributed by atoms with E-state index in [-0.39, 0.29) is 31.3 Å². The van der Waals surface area contributed by atoms with Crippen LogP contribution in [-0.2, 0) is 0 Å². The molecule has 0 aliphatic carbocycles. The summed E-state index contributed by atoms with van der Waals surface area (Å²) in [4.78, 5) is 16.2. The molecule has 0 spiro atoms. The molecule has 1 heterocycles. The van der Waals surface area contributed by atoms with Gasteiger partial charge in [-0.3, -0.25) is 4.79 Å². The van der Waals surface area contributed by atoms with Crippen LogP contribution in [0, 0.1) is 0 Å². The smallest absolute Gasteiger partial charge is 0.288 e. The molecule has 1 aromatic heterocycles. The van der Waals surface area contributed by atoms with Crippen LogP contribution in [0.1, 0.15) is 10.5 Å². The van der Waals surface area contributed by atoms with Crippen molar-refractivity contribution in [2.45, 2.75) is 10.7 Å². The number of nitrogens with zero attached hydrogens (tertiary/aromatic N) is 1. The zero-order valence-corrected chi connectivity index (χ0v) is 13.7. The third-order valence-electron chi connectivity index (χ3n) is 2.48. The van der Waals surface area contributed by atoms with Crippen molar-refractivity contribution in [2.75, 3.05) is 5.32 Å². The summed E-state index contributed by atoms with van der Waals surface area (Å²) in [5.74, 6) is -3.28. The summed E-state index contributed by atoms with van der Waals surface area (Å²) in [6.45, 7) is 0. The first kappa shape index (κ1) is 17.3. The number of pyridine rings is 1. The molecule has 0 bridgehead atoms. The van der Waals surface area contributed by atoms with E-state index in [2.05, 4.69) is 10.3 Å². The molecular formula is C13H7Cl3F2N2OS. The minimum Gasteiger partial charge on any atom is -0.320 e. The standard InChI is InChI=1S/C13H7Cl3F2N2OS/c14-6-5-19-11(10(16)9(6)15)12(21)20-7-3-1-2-4-8(7)22-13(17)18/h1-5,13H,(H,20,21). The maximum absolute atomic E-state index is 12.5. The Bertz CT molecular complexity index is 716. The van der Waals surface area contributed by atoms with Gasteiger partial charge < -0.3 is 5.32 Å². The third kappa shape index (κ3) is 4.01. The van der Waals surface area contributed by atoms with Crippen LogP contribution in [0.3, 0.4) is 0 Å². The molecule has 2 rings (SSSR count). The molecule has 0 fully saturated rings. The van der Waals surface area contributed by atoms with E-state index in [1.807, 2.05) is 0 Å². The molecule has 0 aliphatic rings. The molecule has 0 atom stereocenters. The van der Waals surface area contributed by atoms with Gasteiger partial charge in [-0.2, -0.15) is 8.78 Å². The van der Waals surface area contributed by atoms with Crippen LogP contribution in [0.5, 0.6) is 0 Å². The highest BCUT2D eigenvalue weighted by Crippen LogP contribution is 2.34. The van der Waals surface area contributed by atoms with E-state index in [4.69, 9.17) is 34.8 Å². The molecule has 0 saturated heterocycles. The molecule has 22 heavy (non-hydrogen) atoms. The van der Waals surface area contributed by atoms with Crippen molar-refractivity contribution in [3.8, 4) is 0 Å². The molecule has 0 saturated carbocycles. The summed E-state index contributed by atoms with van der Waals surface area (Å²) >= 11 is 17.8. The van der Waals surface area contributed by atoms with Gasteiger partial charge in [0.1, 0.15) is 5.69 Å². The first-order valence-corrected chi connectivity index (χ1v) is 7.76. The van der Waals surface area contributed by atoms with E-state index in [1.54, 1.807) is 12.1 Å². The molecule has 116 valence electrons. The molecule has 2 aromatic rings. The number of hydrogen-bond donors (Lipinski definition) is 1. The van der Waals surface area contributed by atoms with Gasteiger partial charge in [0.25, 0.3) is 11.7 Å². The van der Waals surface area contributed by atoms with Gasteiger partial charge in [-0.25, -0.2) is 4.98 Å². The Labute approximate surface area is 144 Å². The predicted molar refractivity (Wildman–Crippen MR) is 85.5 cm³/mol. The second kappa shape index (κ2) is 7.46. The van der Waals surface area contributed by atoms with Gasteiger partial charge >= 0.3 is 0 Å². The van der Waals surface area contributed by atoms with Crippen LogP contribution >= 0.6 is 46.6 Å². The largest absolute Gasteiger partial charge is 0.320 e. The molecule has 1 aromatic carbocycles. The number of halogens is 5. The Kier molecular flexibility index (Phi) is 5.86. The average molecular weight is 384 g/mol. The maximum atomic E-state index is 12.5. The van der Waals surface area contributed by atoms with E-state index in [1.165, 1.54) is 18.3 Å². The Morgan fingerprint density at radius 2 is 1.86 bits per heavy atom. The van der Waals surface area contributed by atoms with Gasteiger partial charge in [0, 0.05) is 11.1 Å². The molecule has 1 amide bonds. The van der Waals surface area contributed by atoms with Gasteiger partial charge in [0.15, 0.2) is 0 Å². The van der Waals surface area contributed by atoms with Gasteiger partial charge in [-0.1, -0.05) is 58.7 Å². The number of amides is 1. The zero-order chi connectivity index (χ0) is 16.3. The second-order valence-electron chi connectivity index (χ2n) is 3.91. The summed E-state index contributed by atoms with van der Waals surface area (Å²) in [5, 5.41) is 2.48. The van der Waals surface area contributed by atoms with Crippen molar-refractivity contribution in [3.05, 3.63) is 51.2 Å². The second-order valence-corrected chi connectivity index (χ2v) is 6.11. The molecular weight excluding hydrogens is 377 g/mol. The number of nitrogens with one attached hydrogen (secondary N) is 1. The van der Waals surface area contributed by atoms with E-state index < -0.39 is 11.7 Å². The van der Waals surface area contributed by atoms with Crippen LogP contribution in [0.2, 0.25) is 15.1 Å². The van der Waals surface area contributed by atoms with Crippen molar-refractivity contribution >= 4 is 58.2 Å². The number of anilines is 1. The van der Waals surface area contributed by atoms with Crippen molar-refractivity contribution in [1.82, 2.24) is 4.98 Å². The fourth-order valence-corrected chi connectivity index (χ4v) is 2.71. The summed E-state index contributed by atoms with van der Waals surface area (Å²) in [5.41, 5.74) is 0.0784. The number of aromatic nitrogens is 1.